The number of hydrogen-bond donors (Lipinski definition) is 0. The van der Waals surface area contributed by atoms with Gasteiger partial charge in [0.2, 0.25) is 0 Å². The molecule has 1 aromatic carbocycles. The SMILES string of the molecule is CCCCCCCC(OC)Oc1ccnc(SCc2nc3ccccc3n2Cl)c1C. The Morgan fingerprint density at radius 3 is 2.70 bits per heavy atom. The van der Waals surface area contributed by atoms with Gasteiger partial charge in [-0.2, -0.15) is 0 Å². The van der Waals surface area contributed by atoms with Crippen LogP contribution in [0.15, 0.2) is 41.6 Å². The van der Waals surface area contributed by atoms with Gasteiger partial charge in [-0.05, 0) is 31.5 Å². The number of fused-ring (bicyclic) bond motifs is 1. The van der Waals surface area contributed by atoms with E-state index in [1.165, 1.54) is 25.7 Å². The molecule has 0 saturated carbocycles. The van der Waals surface area contributed by atoms with E-state index < -0.39 is 0 Å². The maximum atomic E-state index is 6.44. The van der Waals surface area contributed by atoms with Crippen LogP contribution in [0.2, 0.25) is 0 Å². The Balaban J connectivity index is 1.61. The summed E-state index contributed by atoms with van der Waals surface area (Å²) in [4.78, 5) is 9.16. The molecule has 0 aliphatic heterocycles. The molecular formula is C23H30ClN3O2S. The van der Waals surface area contributed by atoms with Crippen LogP contribution in [0.5, 0.6) is 5.75 Å². The van der Waals surface area contributed by atoms with Gasteiger partial charge < -0.3 is 9.47 Å². The fourth-order valence-electron chi connectivity index (χ4n) is 3.32. The molecule has 1 unspecified atom stereocenters. The first kappa shape index (κ1) is 22.9. The molecule has 30 heavy (non-hydrogen) atoms. The van der Waals surface area contributed by atoms with Crippen molar-refractivity contribution in [3.63, 3.8) is 0 Å². The highest BCUT2D eigenvalue weighted by atomic mass is 35.5. The number of imidazole rings is 1. The second-order valence-electron chi connectivity index (χ2n) is 7.31. The van der Waals surface area contributed by atoms with E-state index in [0.717, 1.165) is 46.0 Å². The highest BCUT2D eigenvalue weighted by Crippen LogP contribution is 2.31. The van der Waals surface area contributed by atoms with E-state index in [-0.39, 0.29) is 6.29 Å². The third kappa shape index (κ3) is 5.90. The molecule has 0 spiro atoms. The number of pyridine rings is 1. The molecule has 2 aromatic heterocycles. The minimum absolute atomic E-state index is 0.238. The molecule has 0 aliphatic rings. The number of hydrogen-bond acceptors (Lipinski definition) is 5. The molecule has 0 saturated heterocycles. The minimum Gasteiger partial charge on any atom is -0.465 e. The van der Waals surface area contributed by atoms with E-state index >= 15 is 0 Å². The first-order valence-corrected chi connectivity index (χ1v) is 11.9. The van der Waals surface area contributed by atoms with Crippen LogP contribution in [0, 0.1) is 6.92 Å². The van der Waals surface area contributed by atoms with E-state index in [1.807, 2.05) is 37.3 Å². The minimum atomic E-state index is -0.238. The third-order valence-corrected chi connectivity index (χ3v) is 6.54. The number of rotatable bonds is 12. The van der Waals surface area contributed by atoms with E-state index in [1.54, 1.807) is 29.2 Å². The molecule has 2 heterocycles. The Labute approximate surface area is 188 Å². The van der Waals surface area contributed by atoms with Crippen molar-refractivity contribution in [1.82, 2.24) is 14.1 Å². The Hall–Kier alpha value is -1.76. The summed E-state index contributed by atoms with van der Waals surface area (Å²) in [6.45, 7) is 4.26. The summed E-state index contributed by atoms with van der Waals surface area (Å²) >= 11 is 8.05. The molecule has 5 nitrogen and oxygen atoms in total. The van der Waals surface area contributed by atoms with Gasteiger partial charge in [-0.3, -0.25) is 0 Å². The smallest absolute Gasteiger partial charge is 0.199 e. The number of benzene rings is 1. The van der Waals surface area contributed by atoms with Gasteiger partial charge in [-0.25, -0.2) is 14.1 Å². The van der Waals surface area contributed by atoms with Crippen LogP contribution in [0.1, 0.15) is 56.8 Å². The number of thioether (sulfide) groups is 1. The maximum absolute atomic E-state index is 6.44. The summed E-state index contributed by atoms with van der Waals surface area (Å²) in [7, 11) is 1.70. The normalized spacial score (nSPS) is 12.4. The average molecular weight is 448 g/mol. The van der Waals surface area contributed by atoms with Crippen LogP contribution in [-0.2, 0) is 10.5 Å². The molecule has 0 amide bonds. The molecule has 1 atom stereocenters. The number of unbranched alkanes of at least 4 members (excludes halogenated alkanes) is 4. The summed E-state index contributed by atoms with van der Waals surface area (Å²) in [5.74, 6) is 2.24. The Morgan fingerprint density at radius 2 is 1.93 bits per heavy atom. The molecule has 0 radical (unpaired) electrons. The lowest BCUT2D eigenvalue weighted by atomic mass is 10.1. The van der Waals surface area contributed by atoms with Crippen molar-refractivity contribution >= 4 is 34.6 Å². The Bertz CT molecular complexity index is 947. The van der Waals surface area contributed by atoms with E-state index in [4.69, 9.17) is 21.3 Å². The zero-order chi connectivity index (χ0) is 21.3. The summed E-state index contributed by atoms with van der Waals surface area (Å²) in [5.41, 5.74) is 2.82. The number of halogens is 1. The van der Waals surface area contributed by atoms with Crippen LogP contribution >= 0.6 is 23.5 Å². The highest BCUT2D eigenvalue weighted by molar-refractivity contribution is 7.98. The van der Waals surface area contributed by atoms with Gasteiger partial charge >= 0.3 is 0 Å². The van der Waals surface area contributed by atoms with Crippen LogP contribution in [0.4, 0.5) is 0 Å². The highest BCUT2D eigenvalue weighted by Gasteiger charge is 2.15. The third-order valence-electron chi connectivity index (χ3n) is 5.08. The molecule has 0 N–H and O–H groups in total. The Kier molecular flexibility index (Phi) is 8.85. The van der Waals surface area contributed by atoms with E-state index in [9.17, 15) is 0 Å². The van der Waals surface area contributed by atoms with Crippen molar-refractivity contribution in [2.75, 3.05) is 7.11 Å². The number of aromatic nitrogens is 3. The molecular weight excluding hydrogens is 418 g/mol. The van der Waals surface area contributed by atoms with Crippen molar-refractivity contribution in [3.05, 3.63) is 47.9 Å². The lowest BCUT2D eigenvalue weighted by Crippen LogP contribution is -2.19. The molecule has 0 fully saturated rings. The number of nitrogens with zero attached hydrogens (tertiary/aromatic N) is 3. The number of para-hydroxylation sites is 2. The van der Waals surface area contributed by atoms with Crippen LogP contribution in [0.3, 0.4) is 0 Å². The lowest BCUT2D eigenvalue weighted by Gasteiger charge is -2.19. The predicted molar refractivity (Wildman–Crippen MR) is 124 cm³/mol. The monoisotopic (exact) mass is 447 g/mol. The summed E-state index contributed by atoms with van der Waals surface area (Å²) in [6.07, 6.45) is 8.57. The molecule has 3 rings (SSSR count). The van der Waals surface area contributed by atoms with Gasteiger partial charge in [-0.15, -0.1) is 0 Å². The van der Waals surface area contributed by atoms with Crippen LogP contribution in [-0.4, -0.2) is 27.5 Å². The predicted octanol–water partition coefficient (Wildman–Crippen LogP) is 6.75. The van der Waals surface area contributed by atoms with Gasteiger partial charge in [-0.1, -0.05) is 56.5 Å². The molecule has 0 bridgehead atoms. The molecule has 0 aliphatic carbocycles. The topological polar surface area (TPSA) is 49.2 Å². The van der Waals surface area contributed by atoms with Crippen molar-refractivity contribution < 1.29 is 9.47 Å². The first-order chi connectivity index (χ1) is 14.6. The van der Waals surface area contributed by atoms with Crippen LogP contribution in [0.25, 0.3) is 11.0 Å². The van der Waals surface area contributed by atoms with Crippen LogP contribution < -0.4 is 4.74 Å². The number of methoxy groups -OCH3 is 1. The van der Waals surface area contributed by atoms with Crippen molar-refractivity contribution in [2.45, 2.75) is 69.4 Å². The quantitative estimate of drug-likeness (QED) is 0.174. The molecule has 7 heteroatoms. The first-order valence-electron chi connectivity index (χ1n) is 10.5. The van der Waals surface area contributed by atoms with Gasteiger partial charge in [0.25, 0.3) is 0 Å². The van der Waals surface area contributed by atoms with Gasteiger partial charge in [0.15, 0.2) is 6.29 Å². The largest absolute Gasteiger partial charge is 0.465 e. The van der Waals surface area contributed by atoms with Gasteiger partial charge in [0.1, 0.15) is 16.6 Å². The molecule has 162 valence electrons. The zero-order valence-electron chi connectivity index (χ0n) is 17.9. The average Bonchev–Trinajstić information content (AvgIpc) is 3.09. The van der Waals surface area contributed by atoms with E-state index in [0.29, 0.717) is 5.75 Å². The zero-order valence-corrected chi connectivity index (χ0v) is 19.5. The maximum Gasteiger partial charge on any atom is 0.199 e. The Morgan fingerprint density at radius 1 is 1.13 bits per heavy atom. The summed E-state index contributed by atoms with van der Waals surface area (Å²) in [5, 5.41) is 0.911. The van der Waals surface area contributed by atoms with E-state index in [2.05, 4.69) is 16.9 Å². The number of ether oxygens (including phenoxy) is 2. The second kappa shape index (κ2) is 11.6. The fourth-order valence-corrected chi connectivity index (χ4v) is 4.55. The lowest BCUT2D eigenvalue weighted by molar-refractivity contribution is -0.0600. The van der Waals surface area contributed by atoms with Gasteiger partial charge in [0, 0.05) is 37.1 Å². The molecule has 3 aromatic rings. The fraction of sp³-hybridized carbons (Fsp3) is 0.478. The summed E-state index contributed by atoms with van der Waals surface area (Å²) in [6, 6.07) is 9.76. The van der Waals surface area contributed by atoms with Crippen molar-refractivity contribution in [1.29, 1.82) is 0 Å². The second-order valence-corrected chi connectivity index (χ2v) is 8.61. The summed E-state index contributed by atoms with van der Waals surface area (Å²) < 4.78 is 13.3. The van der Waals surface area contributed by atoms with Crippen molar-refractivity contribution in [3.8, 4) is 5.75 Å². The standard InChI is InChI=1S/C23H30ClN3O2S/c1-4-5-6-7-8-13-22(28-3)29-20-14-15-25-23(17(20)2)30-16-21-26-18-11-9-10-12-19(18)27(21)24/h9-12,14-15,22H,4-8,13,16H2,1-3H3. The van der Waals surface area contributed by atoms with Gasteiger partial charge in [0.05, 0.1) is 16.8 Å². The van der Waals surface area contributed by atoms with Crippen molar-refractivity contribution in [2.24, 2.45) is 0 Å².